The van der Waals surface area contributed by atoms with Gasteiger partial charge in [-0.2, -0.15) is 5.10 Å². The normalized spacial score (nSPS) is 14.5. The highest BCUT2D eigenvalue weighted by Crippen LogP contribution is 2.30. The molecule has 0 bridgehead atoms. The summed E-state index contributed by atoms with van der Waals surface area (Å²) in [4.78, 5) is 29.7. The van der Waals surface area contributed by atoms with Gasteiger partial charge in [-0.1, -0.05) is 18.2 Å². The topological polar surface area (TPSA) is 71.6 Å². The Balaban J connectivity index is 1.42. The lowest BCUT2D eigenvalue weighted by molar-refractivity contribution is 0.0740. The number of hydrogen-bond donors (Lipinski definition) is 0. The number of fused-ring (bicyclic) bond motifs is 2. The molecule has 0 atom stereocenters. The first-order valence-corrected chi connectivity index (χ1v) is 10.3. The van der Waals surface area contributed by atoms with E-state index in [0.29, 0.717) is 60.2 Å². The molecular formula is C23H21FN4O3. The number of carbonyl (C=O) groups is 1. The summed E-state index contributed by atoms with van der Waals surface area (Å²) >= 11 is 0. The molecule has 1 aliphatic heterocycles. The molecule has 0 saturated carbocycles. The average molecular weight is 420 g/mol. The van der Waals surface area contributed by atoms with Crippen molar-refractivity contribution in [3.63, 3.8) is 0 Å². The zero-order valence-electron chi connectivity index (χ0n) is 17.0. The summed E-state index contributed by atoms with van der Waals surface area (Å²) in [5, 5.41) is 5.87. The highest BCUT2D eigenvalue weighted by atomic mass is 19.1. The van der Waals surface area contributed by atoms with Gasteiger partial charge in [0.25, 0.3) is 11.5 Å². The average Bonchev–Trinajstić information content (AvgIpc) is 3.31. The van der Waals surface area contributed by atoms with Crippen molar-refractivity contribution in [2.24, 2.45) is 0 Å². The molecule has 158 valence electrons. The third kappa shape index (κ3) is 3.15. The minimum absolute atomic E-state index is 0.194. The Morgan fingerprint density at radius 1 is 1.03 bits per heavy atom. The Kier molecular flexibility index (Phi) is 4.69. The number of aromatic nitrogens is 2. The van der Waals surface area contributed by atoms with Crippen LogP contribution in [-0.2, 0) is 6.54 Å². The molecule has 0 radical (unpaired) electrons. The number of benzene rings is 2. The lowest BCUT2D eigenvalue weighted by Gasteiger charge is -2.36. The maximum atomic E-state index is 14.0. The van der Waals surface area contributed by atoms with Crippen molar-refractivity contribution >= 4 is 33.3 Å². The van der Waals surface area contributed by atoms with Crippen molar-refractivity contribution < 1.29 is 13.6 Å². The van der Waals surface area contributed by atoms with E-state index in [0.717, 1.165) is 5.69 Å². The monoisotopic (exact) mass is 420 g/mol. The molecule has 0 N–H and O–H groups in total. The Labute approximate surface area is 177 Å². The van der Waals surface area contributed by atoms with E-state index in [1.54, 1.807) is 41.3 Å². The predicted molar refractivity (Wildman–Crippen MR) is 116 cm³/mol. The first-order valence-electron chi connectivity index (χ1n) is 10.3. The molecule has 7 nitrogen and oxygen atoms in total. The Morgan fingerprint density at radius 3 is 2.52 bits per heavy atom. The van der Waals surface area contributed by atoms with Gasteiger partial charge in [-0.15, -0.1) is 0 Å². The van der Waals surface area contributed by atoms with Gasteiger partial charge < -0.3 is 14.2 Å². The van der Waals surface area contributed by atoms with E-state index in [1.807, 2.05) is 6.92 Å². The zero-order chi connectivity index (χ0) is 21.5. The second-order valence-electron chi connectivity index (χ2n) is 7.52. The zero-order valence-corrected chi connectivity index (χ0v) is 17.0. The largest absolute Gasteiger partial charge is 0.462 e. The fraction of sp³-hybridized carbons (Fsp3) is 0.261. The number of amides is 1. The van der Waals surface area contributed by atoms with Crippen molar-refractivity contribution in [2.75, 3.05) is 31.1 Å². The fourth-order valence-corrected chi connectivity index (χ4v) is 4.17. The second-order valence-corrected chi connectivity index (χ2v) is 7.52. The van der Waals surface area contributed by atoms with Crippen molar-refractivity contribution in [3.8, 4) is 0 Å². The quantitative estimate of drug-likeness (QED) is 0.509. The lowest BCUT2D eigenvalue weighted by atomic mass is 10.1. The first kappa shape index (κ1) is 19.3. The third-order valence-corrected chi connectivity index (χ3v) is 5.82. The lowest BCUT2D eigenvalue weighted by Crippen LogP contribution is -2.49. The maximum Gasteiger partial charge on any atom is 0.275 e. The summed E-state index contributed by atoms with van der Waals surface area (Å²) < 4.78 is 20.8. The summed E-state index contributed by atoms with van der Waals surface area (Å²) in [5.74, 6) is -0.509. The van der Waals surface area contributed by atoms with Crippen LogP contribution in [0.25, 0.3) is 21.7 Å². The molecule has 5 rings (SSSR count). The van der Waals surface area contributed by atoms with E-state index in [2.05, 4.69) is 10.00 Å². The Hall–Kier alpha value is -3.68. The van der Waals surface area contributed by atoms with Gasteiger partial charge in [-0.25, -0.2) is 9.07 Å². The van der Waals surface area contributed by atoms with Crippen LogP contribution in [0.15, 0.2) is 57.9 Å². The van der Waals surface area contributed by atoms with Gasteiger partial charge in [0.2, 0.25) is 0 Å². The van der Waals surface area contributed by atoms with Gasteiger partial charge in [-0.05, 0) is 31.2 Å². The van der Waals surface area contributed by atoms with Gasteiger partial charge in [-0.3, -0.25) is 9.59 Å². The van der Waals surface area contributed by atoms with Crippen LogP contribution in [0.2, 0.25) is 0 Å². The maximum absolute atomic E-state index is 14.0. The number of piperazine rings is 1. The number of furan rings is 1. The summed E-state index contributed by atoms with van der Waals surface area (Å²) in [6.07, 6.45) is 1.48. The molecule has 1 amide bonds. The number of anilines is 1. The van der Waals surface area contributed by atoms with Crippen LogP contribution in [0.1, 0.15) is 17.4 Å². The number of rotatable bonds is 3. The van der Waals surface area contributed by atoms with Crippen molar-refractivity contribution in [1.29, 1.82) is 0 Å². The first-order chi connectivity index (χ1) is 15.1. The van der Waals surface area contributed by atoms with Gasteiger partial charge in [0.15, 0.2) is 11.3 Å². The van der Waals surface area contributed by atoms with Crippen molar-refractivity contribution in [1.82, 2.24) is 14.7 Å². The van der Waals surface area contributed by atoms with E-state index in [1.165, 1.54) is 17.0 Å². The van der Waals surface area contributed by atoms with Crippen LogP contribution < -0.4 is 10.5 Å². The standard InChI is InChI=1S/C23H21FN4O3/c1-2-28-22(29)16-6-4-3-5-15(16)20(25-28)23(30)27-12-10-26(11-13-27)19-8-7-18(24)17-9-14-31-21(17)19/h3-9,14H,2,10-13H2,1H3. The number of nitrogens with zero attached hydrogens (tertiary/aromatic N) is 4. The third-order valence-electron chi connectivity index (χ3n) is 5.82. The number of carbonyl (C=O) groups excluding carboxylic acids is 1. The molecule has 8 heteroatoms. The van der Waals surface area contributed by atoms with E-state index >= 15 is 0 Å². The molecule has 1 fully saturated rings. The molecule has 0 spiro atoms. The predicted octanol–water partition coefficient (Wildman–Crippen LogP) is 3.26. The van der Waals surface area contributed by atoms with E-state index in [-0.39, 0.29) is 17.3 Å². The van der Waals surface area contributed by atoms with Gasteiger partial charge in [0.1, 0.15) is 5.82 Å². The smallest absolute Gasteiger partial charge is 0.275 e. The molecule has 1 aliphatic rings. The van der Waals surface area contributed by atoms with E-state index < -0.39 is 0 Å². The second kappa shape index (κ2) is 7.54. The molecule has 3 heterocycles. The Morgan fingerprint density at radius 2 is 1.77 bits per heavy atom. The molecule has 1 saturated heterocycles. The molecule has 0 aliphatic carbocycles. The summed E-state index contributed by atoms with van der Waals surface area (Å²) in [6, 6.07) is 11.8. The molecule has 31 heavy (non-hydrogen) atoms. The van der Waals surface area contributed by atoms with Crippen LogP contribution in [0.4, 0.5) is 10.1 Å². The molecule has 2 aromatic heterocycles. The van der Waals surface area contributed by atoms with Crippen LogP contribution in [0.3, 0.4) is 0 Å². The van der Waals surface area contributed by atoms with E-state index in [4.69, 9.17) is 4.42 Å². The molecule has 0 unspecified atom stereocenters. The van der Waals surface area contributed by atoms with Crippen molar-refractivity contribution in [2.45, 2.75) is 13.5 Å². The van der Waals surface area contributed by atoms with Crippen molar-refractivity contribution in [3.05, 3.63) is 70.6 Å². The van der Waals surface area contributed by atoms with Gasteiger partial charge in [0, 0.05) is 38.1 Å². The van der Waals surface area contributed by atoms with Crippen LogP contribution in [-0.4, -0.2) is 46.8 Å². The molecule has 4 aromatic rings. The minimum Gasteiger partial charge on any atom is -0.462 e. The van der Waals surface area contributed by atoms with Crippen LogP contribution >= 0.6 is 0 Å². The van der Waals surface area contributed by atoms with E-state index in [9.17, 15) is 14.0 Å². The van der Waals surface area contributed by atoms with Crippen LogP contribution in [0.5, 0.6) is 0 Å². The molecular weight excluding hydrogens is 399 g/mol. The Bertz CT molecular complexity index is 1350. The SMILES string of the molecule is CCn1nc(C(=O)N2CCN(c3ccc(F)c4ccoc34)CC2)c2ccccc2c1=O. The number of aryl methyl sites for hydroxylation is 1. The highest BCUT2D eigenvalue weighted by Gasteiger charge is 2.27. The van der Waals surface area contributed by atoms with Gasteiger partial charge in [0.05, 0.1) is 22.7 Å². The molecule has 2 aromatic carbocycles. The number of hydrogen-bond acceptors (Lipinski definition) is 5. The minimum atomic E-state index is -0.315. The fourth-order valence-electron chi connectivity index (χ4n) is 4.17. The van der Waals surface area contributed by atoms with Gasteiger partial charge >= 0.3 is 0 Å². The summed E-state index contributed by atoms with van der Waals surface area (Å²) in [5.41, 5.74) is 1.43. The summed E-state index contributed by atoms with van der Waals surface area (Å²) in [7, 11) is 0. The highest BCUT2D eigenvalue weighted by molar-refractivity contribution is 6.05. The van der Waals surface area contributed by atoms with Crippen LogP contribution in [0, 0.1) is 5.82 Å². The summed E-state index contributed by atoms with van der Waals surface area (Å²) in [6.45, 7) is 4.35. The number of halogens is 1.